The predicted octanol–water partition coefficient (Wildman–Crippen LogP) is 2.36. The van der Waals surface area contributed by atoms with Crippen molar-refractivity contribution in [2.45, 2.75) is 19.9 Å². The highest BCUT2D eigenvalue weighted by atomic mass is 16.5. The smallest absolute Gasteiger partial charge is 0.338 e. The number of H-pyrrole nitrogens is 1. The van der Waals surface area contributed by atoms with E-state index in [1.165, 1.54) is 0 Å². The molecule has 6 heteroatoms. The SMILES string of the molecule is CCOC(=O)C1=C(C)NC(=O)N[C@@H]1c1c[nH]c2ccccc12. The molecular weight excluding hydrogens is 282 g/mol. The summed E-state index contributed by atoms with van der Waals surface area (Å²) in [5, 5.41) is 6.39. The van der Waals surface area contributed by atoms with Crippen LogP contribution in [0.3, 0.4) is 0 Å². The van der Waals surface area contributed by atoms with Crippen molar-refractivity contribution in [2.75, 3.05) is 6.61 Å². The summed E-state index contributed by atoms with van der Waals surface area (Å²) < 4.78 is 5.13. The van der Waals surface area contributed by atoms with Gasteiger partial charge >= 0.3 is 12.0 Å². The first-order valence-electron chi connectivity index (χ1n) is 7.13. The van der Waals surface area contributed by atoms with E-state index in [2.05, 4.69) is 15.6 Å². The Bertz CT molecular complexity index is 776. The zero-order valence-corrected chi connectivity index (χ0v) is 12.4. The molecule has 0 aliphatic carbocycles. The summed E-state index contributed by atoms with van der Waals surface area (Å²) in [6, 6.07) is 6.88. The van der Waals surface area contributed by atoms with E-state index in [9.17, 15) is 9.59 Å². The van der Waals surface area contributed by atoms with Gasteiger partial charge in [-0.25, -0.2) is 9.59 Å². The van der Waals surface area contributed by atoms with Crippen LogP contribution in [0.4, 0.5) is 4.79 Å². The fourth-order valence-corrected chi connectivity index (χ4v) is 2.74. The molecule has 3 rings (SSSR count). The van der Waals surface area contributed by atoms with E-state index in [1.54, 1.807) is 13.8 Å². The van der Waals surface area contributed by atoms with E-state index in [0.29, 0.717) is 11.3 Å². The molecule has 0 saturated heterocycles. The van der Waals surface area contributed by atoms with Crippen molar-refractivity contribution in [3.63, 3.8) is 0 Å². The number of rotatable bonds is 3. The summed E-state index contributed by atoms with van der Waals surface area (Å²) >= 11 is 0. The number of ether oxygens (including phenoxy) is 1. The molecule has 0 fully saturated rings. The monoisotopic (exact) mass is 299 g/mol. The quantitative estimate of drug-likeness (QED) is 0.761. The van der Waals surface area contributed by atoms with Crippen molar-refractivity contribution in [3.05, 3.63) is 47.3 Å². The van der Waals surface area contributed by atoms with Crippen molar-refractivity contribution in [2.24, 2.45) is 0 Å². The molecule has 1 aromatic carbocycles. The second-order valence-corrected chi connectivity index (χ2v) is 5.08. The van der Waals surface area contributed by atoms with Gasteiger partial charge in [0.05, 0.1) is 18.2 Å². The Balaban J connectivity index is 2.11. The highest BCUT2D eigenvalue weighted by Gasteiger charge is 2.33. The number of aromatic nitrogens is 1. The van der Waals surface area contributed by atoms with Crippen LogP contribution in [0.2, 0.25) is 0 Å². The Labute approximate surface area is 127 Å². The number of benzene rings is 1. The molecule has 1 atom stereocenters. The van der Waals surface area contributed by atoms with Gasteiger partial charge in [-0.05, 0) is 19.9 Å². The number of para-hydroxylation sites is 1. The molecule has 1 aromatic heterocycles. The Hall–Kier alpha value is -2.76. The van der Waals surface area contributed by atoms with Crippen LogP contribution >= 0.6 is 0 Å². The lowest BCUT2D eigenvalue weighted by Gasteiger charge is -2.27. The van der Waals surface area contributed by atoms with E-state index in [0.717, 1.165) is 16.5 Å². The number of aromatic amines is 1. The van der Waals surface area contributed by atoms with Crippen molar-refractivity contribution >= 4 is 22.9 Å². The number of esters is 1. The van der Waals surface area contributed by atoms with E-state index >= 15 is 0 Å². The fourth-order valence-electron chi connectivity index (χ4n) is 2.74. The largest absolute Gasteiger partial charge is 0.463 e. The van der Waals surface area contributed by atoms with Crippen molar-refractivity contribution in [1.29, 1.82) is 0 Å². The lowest BCUT2D eigenvalue weighted by molar-refractivity contribution is -0.139. The number of nitrogens with one attached hydrogen (secondary N) is 3. The third-order valence-corrected chi connectivity index (χ3v) is 3.70. The highest BCUT2D eigenvalue weighted by molar-refractivity contribution is 5.97. The van der Waals surface area contributed by atoms with Crippen LogP contribution in [0, 0.1) is 0 Å². The minimum Gasteiger partial charge on any atom is -0.463 e. The third-order valence-electron chi connectivity index (χ3n) is 3.70. The van der Waals surface area contributed by atoms with Crippen LogP contribution in [0.15, 0.2) is 41.7 Å². The zero-order valence-electron chi connectivity index (χ0n) is 12.4. The van der Waals surface area contributed by atoms with Gasteiger partial charge in [-0.15, -0.1) is 0 Å². The second-order valence-electron chi connectivity index (χ2n) is 5.08. The fraction of sp³-hybridized carbons (Fsp3) is 0.250. The normalized spacial score (nSPS) is 18.1. The van der Waals surface area contributed by atoms with Crippen LogP contribution < -0.4 is 10.6 Å². The summed E-state index contributed by atoms with van der Waals surface area (Å²) in [6.45, 7) is 3.74. The van der Waals surface area contributed by atoms with Gasteiger partial charge in [-0.1, -0.05) is 18.2 Å². The van der Waals surface area contributed by atoms with Crippen molar-refractivity contribution in [3.8, 4) is 0 Å². The Morgan fingerprint density at radius 1 is 1.32 bits per heavy atom. The van der Waals surface area contributed by atoms with Gasteiger partial charge in [-0.2, -0.15) is 0 Å². The maximum absolute atomic E-state index is 12.3. The lowest BCUT2D eigenvalue weighted by Crippen LogP contribution is -2.45. The van der Waals surface area contributed by atoms with Gasteiger partial charge in [0, 0.05) is 28.4 Å². The minimum atomic E-state index is -0.538. The first kappa shape index (κ1) is 14.2. The molecular formula is C16H17N3O3. The van der Waals surface area contributed by atoms with E-state index in [1.807, 2.05) is 30.5 Å². The number of hydrogen-bond acceptors (Lipinski definition) is 3. The van der Waals surface area contributed by atoms with E-state index in [-0.39, 0.29) is 12.6 Å². The molecule has 0 unspecified atom stereocenters. The number of amides is 2. The first-order chi connectivity index (χ1) is 10.6. The van der Waals surface area contributed by atoms with E-state index < -0.39 is 12.0 Å². The number of carbonyl (C=O) groups excluding carboxylic acids is 2. The summed E-state index contributed by atoms with van der Waals surface area (Å²) in [5.41, 5.74) is 2.72. The molecule has 1 aliphatic heterocycles. The maximum atomic E-state index is 12.3. The van der Waals surface area contributed by atoms with Gasteiger partial charge in [0.2, 0.25) is 0 Å². The number of allylic oxidation sites excluding steroid dienone is 1. The number of fused-ring (bicyclic) bond motifs is 1. The average Bonchev–Trinajstić information content (AvgIpc) is 2.90. The molecule has 0 spiro atoms. The molecule has 0 bridgehead atoms. The van der Waals surface area contributed by atoms with Gasteiger partial charge in [0.1, 0.15) is 0 Å². The summed E-state index contributed by atoms with van der Waals surface area (Å²) in [5.74, 6) is -0.428. The van der Waals surface area contributed by atoms with Crippen molar-refractivity contribution < 1.29 is 14.3 Å². The zero-order chi connectivity index (χ0) is 15.7. The van der Waals surface area contributed by atoms with Crippen molar-refractivity contribution in [1.82, 2.24) is 15.6 Å². The van der Waals surface area contributed by atoms with Gasteiger partial charge in [-0.3, -0.25) is 0 Å². The van der Waals surface area contributed by atoms with Crippen LogP contribution in [-0.2, 0) is 9.53 Å². The molecule has 0 saturated carbocycles. The lowest BCUT2D eigenvalue weighted by atomic mass is 9.95. The van der Waals surface area contributed by atoms with Gasteiger partial charge in [0.15, 0.2) is 0 Å². The topological polar surface area (TPSA) is 83.2 Å². The predicted molar refractivity (Wildman–Crippen MR) is 82.0 cm³/mol. The van der Waals surface area contributed by atoms with E-state index in [4.69, 9.17) is 4.74 Å². The summed E-state index contributed by atoms with van der Waals surface area (Å²) in [7, 11) is 0. The molecule has 3 N–H and O–H groups in total. The summed E-state index contributed by atoms with van der Waals surface area (Å²) in [4.78, 5) is 27.3. The molecule has 6 nitrogen and oxygen atoms in total. The molecule has 2 amide bonds. The minimum absolute atomic E-state index is 0.282. The maximum Gasteiger partial charge on any atom is 0.338 e. The third kappa shape index (κ3) is 2.32. The average molecular weight is 299 g/mol. The highest BCUT2D eigenvalue weighted by Crippen LogP contribution is 2.32. The first-order valence-corrected chi connectivity index (χ1v) is 7.13. The second kappa shape index (κ2) is 5.55. The van der Waals surface area contributed by atoms with Crippen LogP contribution in [0.1, 0.15) is 25.5 Å². The van der Waals surface area contributed by atoms with Gasteiger partial charge in [0.25, 0.3) is 0 Å². The molecule has 22 heavy (non-hydrogen) atoms. The number of urea groups is 1. The summed E-state index contributed by atoms with van der Waals surface area (Å²) in [6.07, 6.45) is 1.81. The Morgan fingerprint density at radius 3 is 2.86 bits per heavy atom. The Kier molecular flexibility index (Phi) is 3.58. The van der Waals surface area contributed by atoms with Crippen LogP contribution in [-0.4, -0.2) is 23.6 Å². The molecule has 114 valence electrons. The molecule has 2 heterocycles. The van der Waals surface area contributed by atoms with Crippen LogP contribution in [0.5, 0.6) is 0 Å². The number of carbonyl (C=O) groups is 2. The van der Waals surface area contributed by atoms with Gasteiger partial charge < -0.3 is 20.4 Å². The number of hydrogen-bond donors (Lipinski definition) is 3. The molecule has 2 aromatic rings. The Morgan fingerprint density at radius 2 is 2.09 bits per heavy atom. The molecule has 0 radical (unpaired) electrons. The molecule has 1 aliphatic rings. The standard InChI is InChI=1S/C16H17N3O3/c1-3-22-15(20)13-9(2)18-16(21)19-14(13)11-8-17-12-7-5-4-6-10(11)12/h4-8,14,17H,3H2,1-2H3,(H2,18,19,21)/t14-/m1/s1. The van der Waals surface area contributed by atoms with Crippen LogP contribution in [0.25, 0.3) is 10.9 Å².